The SMILES string of the molecule is N=C1c2cc(F)ccc2CN1c1cc(Br)ccc1Cl. The highest BCUT2D eigenvalue weighted by Gasteiger charge is 2.27. The normalized spacial score (nSPS) is 13.8. The lowest BCUT2D eigenvalue weighted by molar-refractivity contribution is 0.627. The molecule has 0 radical (unpaired) electrons. The monoisotopic (exact) mass is 338 g/mol. The lowest BCUT2D eigenvalue weighted by Gasteiger charge is -2.19. The minimum absolute atomic E-state index is 0.273. The molecule has 0 aliphatic carbocycles. The predicted molar refractivity (Wildman–Crippen MR) is 78.6 cm³/mol. The van der Waals surface area contributed by atoms with Crippen molar-refractivity contribution in [2.45, 2.75) is 6.54 Å². The topological polar surface area (TPSA) is 27.1 Å². The smallest absolute Gasteiger partial charge is 0.133 e. The summed E-state index contributed by atoms with van der Waals surface area (Å²) in [6, 6.07) is 10.0. The number of nitrogens with one attached hydrogen (secondary N) is 1. The third-order valence-electron chi connectivity index (χ3n) is 3.12. The van der Waals surface area contributed by atoms with Crippen LogP contribution in [0.5, 0.6) is 0 Å². The molecule has 0 amide bonds. The Morgan fingerprint density at radius 3 is 2.79 bits per heavy atom. The lowest BCUT2D eigenvalue weighted by Crippen LogP contribution is -2.23. The van der Waals surface area contributed by atoms with E-state index in [1.54, 1.807) is 17.0 Å². The number of rotatable bonds is 1. The third kappa shape index (κ3) is 2.15. The number of hydrogen-bond donors (Lipinski definition) is 1. The number of hydrogen-bond acceptors (Lipinski definition) is 1. The van der Waals surface area contributed by atoms with Gasteiger partial charge in [0.05, 0.1) is 17.3 Å². The first-order valence-corrected chi connectivity index (χ1v) is 6.83. The van der Waals surface area contributed by atoms with Gasteiger partial charge >= 0.3 is 0 Å². The summed E-state index contributed by atoms with van der Waals surface area (Å²) in [5, 5.41) is 8.74. The first-order valence-electron chi connectivity index (χ1n) is 5.66. The van der Waals surface area contributed by atoms with E-state index in [1.807, 2.05) is 12.1 Å². The van der Waals surface area contributed by atoms with Gasteiger partial charge in [0, 0.05) is 10.0 Å². The number of benzene rings is 2. The van der Waals surface area contributed by atoms with E-state index in [4.69, 9.17) is 17.0 Å². The number of halogens is 3. The number of anilines is 1. The van der Waals surface area contributed by atoms with E-state index in [1.165, 1.54) is 12.1 Å². The van der Waals surface area contributed by atoms with E-state index >= 15 is 0 Å². The van der Waals surface area contributed by atoms with Crippen molar-refractivity contribution >= 4 is 39.1 Å². The molecule has 2 aromatic carbocycles. The molecular weight excluding hydrogens is 331 g/mol. The largest absolute Gasteiger partial charge is 0.320 e. The van der Waals surface area contributed by atoms with Gasteiger partial charge in [0.25, 0.3) is 0 Å². The van der Waals surface area contributed by atoms with Crippen LogP contribution in [0.1, 0.15) is 11.1 Å². The van der Waals surface area contributed by atoms with Crippen LogP contribution in [-0.4, -0.2) is 5.84 Å². The summed E-state index contributed by atoms with van der Waals surface area (Å²) in [5.74, 6) is -0.0554. The maximum atomic E-state index is 13.3. The zero-order valence-corrected chi connectivity index (χ0v) is 12.1. The Balaban J connectivity index is 2.06. The molecule has 5 heteroatoms. The Morgan fingerprint density at radius 2 is 2.00 bits per heavy atom. The molecule has 1 N–H and O–H groups in total. The number of amidine groups is 1. The molecular formula is C14H9BrClFN2. The molecule has 1 heterocycles. The van der Waals surface area contributed by atoms with Crippen LogP contribution < -0.4 is 4.90 Å². The van der Waals surface area contributed by atoms with Crippen molar-refractivity contribution in [3.63, 3.8) is 0 Å². The Morgan fingerprint density at radius 1 is 1.21 bits per heavy atom. The molecule has 0 saturated heterocycles. The van der Waals surface area contributed by atoms with Crippen molar-refractivity contribution in [2.75, 3.05) is 4.90 Å². The Hall–Kier alpha value is -1.39. The molecule has 2 nitrogen and oxygen atoms in total. The van der Waals surface area contributed by atoms with E-state index in [2.05, 4.69) is 15.9 Å². The third-order valence-corrected chi connectivity index (χ3v) is 3.94. The molecule has 0 aromatic heterocycles. The predicted octanol–water partition coefficient (Wildman–Crippen LogP) is 4.59. The summed E-state index contributed by atoms with van der Waals surface area (Å²) in [6.45, 7) is 0.532. The molecule has 1 aliphatic rings. The van der Waals surface area contributed by atoms with Crippen molar-refractivity contribution < 1.29 is 4.39 Å². The molecule has 0 atom stereocenters. The quantitative estimate of drug-likeness (QED) is 0.808. The molecule has 3 rings (SSSR count). The van der Waals surface area contributed by atoms with Gasteiger partial charge in [-0.2, -0.15) is 0 Å². The van der Waals surface area contributed by atoms with Crippen molar-refractivity contribution in [3.05, 3.63) is 62.8 Å². The minimum Gasteiger partial charge on any atom is -0.320 e. The molecule has 2 aromatic rings. The van der Waals surface area contributed by atoms with Crippen LogP contribution in [0.15, 0.2) is 40.9 Å². The van der Waals surface area contributed by atoms with Crippen LogP contribution in [0.2, 0.25) is 5.02 Å². The van der Waals surface area contributed by atoms with Gasteiger partial charge in [-0.3, -0.25) is 5.41 Å². The van der Waals surface area contributed by atoms with Gasteiger partial charge in [-0.1, -0.05) is 33.6 Å². The highest BCUT2D eigenvalue weighted by Crippen LogP contribution is 2.35. The Labute approximate surface area is 123 Å². The van der Waals surface area contributed by atoms with Gasteiger partial charge < -0.3 is 4.90 Å². The van der Waals surface area contributed by atoms with Crippen molar-refractivity contribution in [3.8, 4) is 0 Å². The zero-order valence-electron chi connectivity index (χ0n) is 9.75. The first kappa shape index (κ1) is 12.6. The average Bonchev–Trinajstić information content (AvgIpc) is 2.70. The van der Waals surface area contributed by atoms with Gasteiger partial charge in [0.1, 0.15) is 11.7 Å². The van der Waals surface area contributed by atoms with Crippen LogP contribution in [0, 0.1) is 11.2 Å². The van der Waals surface area contributed by atoms with Crippen LogP contribution in [0.3, 0.4) is 0 Å². The zero-order chi connectivity index (χ0) is 13.6. The highest BCUT2D eigenvalue weighted by atomic mass is 79.9. The van der Waals surface area contributed by atoms with Crippen molar-refractivity contribution in [1.29, 1.82) is 5.41 Å². The van der Waals surface area contributed by atoms with Crippen LogP contribution in [0.4, 0.5) is 10.1 Å². The standard InChI is InChI=1S/C14H9BrClFN2/c15-9-2-4-12(16)13(5-9)19-7-8-1-3-10(17)6-11(8)14(19)18/h1-6,18H,7H2. The molecule has 0 saturated carbocycles. The van der Waals surface area contributed by atoms with Gasteiger partial charge in [-0.15, -0.1) is 0 Å². The minimum atomic E-state index is -0.328. The molecule has 0 unspecified atom stereocenters. The molecule has 1 aliphatic heterocycles. The fraction of sp³-hybridized carbons (Fsp3) is 0.0714. The van der Waals surface area contributed by atoms with Crippen molar-refractivity contribution in [2.24, 2.45) is 0 Å². The fourth-order valence-corrected chi connectivity index (χ4v) is 2.77. The Kier molecular flexibility index (Phi) is 3.07. The molecule has 0 bridgehead atoms. The van der Waals surface area contributed by atoms with Crippen LogP contribution >= 0.6 is 27.5 Å². The van der Waals surface area contributed by atoms with E-state index in [9.17, 15) is 4.39 Å². The summed E-state index contributed by atoms with van der Waals surface area (Å²) in [4.78, 5) is 1.78. The van der Waals surface area contributed by atoms with E-state index in [-0.39, 0.29) is 11.7 Å². The highest BCUT2D eigenvalue weighted by molar-refractivity contribution is 9.10. The summed E-state index contributed by atoms with van der Waals surface area (Å²) in [5.41, 5.74) is 2.30. The number of nitrogens with zero attached hydrogens (tertiary/aromatic N) is 1. The van der Waals surface area contributed by atoms with E-state index < -0.39 is 0 Å². The lowest BCUT2D eigenvalue weighted by atomic mass is 10.1. The summed E-state index contributed by atoms with van der Waals surface area (Å²) in [7, 11) is 0. The molecule has 0 spiro atoms. The number of fused-ring (bicyclic) bond motifs is 1. The Bertz CT molecular complexity index is 687. The molecule has 96 valence electrons. The van der Waals surface area contributed by atoms with Gasteiger partial charge in [-0.25, -0.2) is 4.39 Å². The van der Waals surface area contributed by atoms with Gasteiger partial charge in [0.2, 0.25) is 0 Å². The second-order valence-corrected chi connectivity index (χ2v) is 5.65. The second kappa shape index (κ2) is 4.62. The molecule has 0 fully saturated rings. The second-order valence-electron chi connectivity index (χ2n) is 4.33. The van der Waals surface area contributed by atoms with Crippen molar-refractivity contribution in [1.82, 2.24) is 0 Å². The summed E-state index contributed by atoms with van der Waals surface area (Å²) >= 11 is 9.58. The fourth-order valence-electron chi connectivity index (χ4n) is 2.20. The summed E-state index contributed by atoms with van der Waals surface area (Å²) < 4.78 is 14.2. The van der Waals surface area contributed by atoms with Crippen LogP contribution in [0.25, 0.3) is 0 Å². The maximum absolute atomic E-state index is 13.3. The summed E-state index contributed by atoms with van der Waals surface area (Å²) in [6.07, 6.45) is 0. The van der Waals surface area contributed by atoms with E-state index in [0.717, 1.165) is 15.7 Å². The van der Waals surface area contributed by atoms with Gasteiger partial charge in [-0.05, 0) is 35.9 Å². The van der Waals surface area contributed by atoms with E-state index in [0.29, 0.717) is 17.1 Å². The first-order chi connectivity index (χ1) is 9.06. The van der Waals surface area contributed by atoms with Gasteiger partial charge in [0.15, 0.2) is 0 Å². The average molecular weight is 340 g/mol. The molecule has 19 heavy (non-hydrogen) atoms. The maximum Gasteiger partial charge on any atom is 0.133 e. The van der Waals surface area contributed by atoms with Crippen LogP contribution in [-0.2, 0) is 6.54 Å².